The highest BCUT2D eigenvalue weighted by Crippen LogP contribution is 2.17. The topological polar surface area (TPSA) is 88.2 Å². The molecule has 2 unspecified atom stereocenters. The van der Waals surface area contributed by atoms with Gasteiger partial charge < -0.3 is 16.2 Å². The molecule has 2 atom stereocenters. The van der Waals surface area contributed by atoms with Crippen molar-refractivity contribution in [1.82, 2.24) is 10.3 Å². The van der Waals surface area contributed by atoms with Gasteiger partial charge in [0, 0.05) is 5.38 Å². The Labute approximate surface area is 121 Å². The van der Waals surface area contributed by atoms with Crippen LogP contribution in [-0.2, 0) is 0 Å². The lowest BCUT2D eigenvalue weighted by molar-refractivity contribution is 0.0911. The number of aromatic nitrogens is 1. The third kappa shape index (κ3) is 3.41. The highest BCUT2D eigenvalue weighted by atomic mass is 32.1. The fourth-order valence-corrected chi connectivity index (χ4v) is 2.51. The van der Waals surface area contributed by atoms with E-state index in [2.05, 4.69) is 10.3 Å². The van der Waals surface area contributed by atoms with Crippen LogP contribution < -0.4 is 11.1 Å². The first-order chi connectivity index (χ1) is 9.61. The molecule has 1 aromatic heterocycles. The third-order valence-electron chi connectivity index (χ3n) is 2.83. The molecule has 106 valence electrons. The summed E-state index contributed by atoms with van der Waals surface area (Å²) in [6.45, 7) is 1.65. The molecule has 6 heteroatoms. The largest absolute Gasteiger partial charge is 0.394 e. The molecular formula is C14H17N3O2S. The Balaban J connectivity index is 2.09. The highest BCUT2D eigenvalue weighted by molar-refractivity contribution is 7.09. The zero-order valence-electron chi connectivity index (χ0n) is 11.1. The Bertz CT molecular complexity index is 569. The predicted octanol–water partition coefficient (Wildman–Crippen LogP) is 1.63. The molecule has 5 nitrogen and oxygen atoms in total. The number of hydrogen-bond acceptors (Lipinski definition) is 5. The smallest absolute Gasteiger partial charge is 0.271 e. The minimum atomic E-state index is -0.441. The van der Waals surface area contributed by atoms with E-state index in [0.717, 1.165) is 10.6 Å². The lowest BCUT2D eigenvalue weighted by Crippen LogP contribution is -2.31. The number of nitrogens with two attached hydrogens (primary N) is 1. The van der Waals surface area contributed by atoms with Gasteiger partial charge >= 0.3 is 0 Å². The van der Waals surface area contributed by atoms with Crippen molar-refractivity contribution >= 4 is 17.2 Å². The Morgan fingerprint density at radius 2 is 2.15 bits per heavy atom. The maximum atomic E-state index is 12.1. The quantitative estimate of drug-likeness (QED) is 0.781. The van der Waals surface area contributed by atoms with E-state index in [1.807, 2.05) is 37.3 Å². The summed E-state index contributed by atoms with van der Waals surface area (Å²) in [5.41, 5.74) is 6.90. The van der Waals surface area contributed by atoms with Crippen LogP contribution in [0, 0.1) is 0 Å². The van der Waals surface area contributed by atoms with Crippen molar-refractivity contribution in [2.45, 2.75) is 19.0 Å². The molecule has 1 aromatic carbocycles. The zero-order chi connectivity index (χ0) is 14.5. The van der Waals surface area contributed by atoms with Gasteiger partial charge in [-0.25, -0.2) is 4.98 Å². The van der Waals surface area contributed by atoms with Gasteiger partial charge in [0.05, 0.1) is 18.7 Å². The summed E-state index contributed by atoms with van der Waals surface area (Å²) in [6.07, 6.45) is 0. The fraction of sp³-hybridized carbons (Fsp3) is 0.286. The van der Waals surface area contributed by atoms with Gasteiger partial charge in [-0.1, -0.05) is 30.3 Å². The van der Waals surface area contributed by atoms with Crippen LogP contribution >= 0.6 is 11.3 Å². The molecule has 0 aliphatic rings. The summed E-state index contributed by atoms with van der Waals surface area (Å²) in [4.78, 5) is 16.3. The number of thiazole rings is 1. The molecule has 0 spiro atoms. The molecule has 0 radical (unpaired) electrons. The van der Waals surface area contributed by atoms with Crippen LogP contribution in [0.4, 0.5) is 0 Å². The Morgan fingerprint density at radius 3 is 2.70 bits per heavy atom. The van der Waals surface area contributed by atoms with E-state index in [0.29, 0.717) is 5.69 Å². The number of rotatable bonds is 5. The van der Waals surface area contributed by atoms with E-state index in [4.69, 9.17) is 5.73 Å². The number of benzene rings is 1. The van der Waals surface area contributed by atoms with E-state index in [-0.39, 0.29) is 18.6 Å². The number of carbonyl (C=O) groups is 1. The molecule has 20 heavy (non-hydrogen) atoms. The SMILES string of the molecule is CC(N)c1nc(C(=O)NC(CO)c2ccccc2)cs1. The van der Waals surface area contributed by atoms with Crippen LogP contribution in [-0.4, -0.2) is 22.6 Å². The minimum absolute atomic E-state index is 0.167. The van der Waals surface area contributed by atoms with Gasteiger partial charge in [0.15, 0.2) is 0 Å². The molecule has 1 amide bonds. The first kappa shape index (κ1) is 14.6. The van der Waals surface area contributed by atoms with Gasteiger partial charge in [-0.15, -0.1) is 11.3 Å². The number of hydrogen-bond donors (Lipinski definition) is 3. The summed E-state index contributed by atoms with van der Waals surface area (Å²) in [7, 11) is 0. The van der Waals surface area contributed by atoms with Gasteiger partial charge in [0.25, 0.3) is 5.91 Å². The number of amides is 1. The van der Waals surface area contributed by atoms with Crippen molar-refractivity contribution in [3.8, 4) is 0 Å². The van der Waals surface area contributed by atoms with E-state index in [1.165, 1.54) is 11.3 Å². The predicted molar refractivity (Wildman–Crippen MR) is 78.5 cm³/mol. The molecular weight excluding hydrogens is 274 g/mol. The lowest BCUT2D eigenvalue weighted by Gasteiger charge is -2.15. The summed E-state index contributed by atoms with van der Waals surface area (Å²) in [5.74, 6) is -0.309. The first-order valence-electron chi connectivity index (χ1n) is 6.29. The number of nitrogens with zero attached hydrogens (tertiary/aromatic N) is 1. The van der Waals surface area contributed by atoms with Gasteiger partial charge in [-0.05, 0) is 12.5 Å². The normalized spacial score (nSPS) is 13.8. The summed E-state index contributed by atoms with van der Waals surface area (Å²) in [6, 6.07) is 8.69. The van der Waals surface area contributed by atoms with Crippen molar-refractivity contribution < 1.29 is 9.90 Å². The van der Waals surface area contributed by atoms with Crippen LogP contribution in [0.25, 0.3) is 0 Å². The number of aliphatic hydroxyl groups excluding tert-OH is 1. The molecule has 0 aliphatic carbocycles. The average molecular weight is 291 g/mol. The Morgan fingerprint density at radius 1 is 1.45 bits per heavy atom. The maximum absolute atomic E-state index is 12.1. The summed E-state index contributed by atoms with van der Waals surface area (Å²) >= 11 is 1.36. The first-order valence-corrected chi connectivity index (χ1v) is 7.17. The monoisotopic (exact) mass is 291 g/mol. The minimum Gasteiger partial charge on any atom is -0.394 e. The van der Waals surface area contributed by atoms with Gasteiger partial charge in [0.1, 0.15) is 10.7 Å². The van der Waals surface area contributed by atoms with Crippen molar-refractivity contribution in [1.29, 1.82) is 0 Å². The molecule has 2 aromatic rings. The second-order valence-electron chi connectivity index (χ2n) is 4.48. The van der Waals surface area contributed by atoms with E-state index in [9.17, 15) is 9.90 Å². The molecule has 0 bridgehead atoms. The number of carbonyl (C=O) groups excluding carboxylic acids is 1. The Kier molecular flexibility index (Phi) is 4.84. The summed E-state index contributed by atoms with van der Waals surface area (Å²) in [5, 5.41) is 14.6. The van der Waals surface area contributed by atoms with Crippen molar-refractivity contribution in [2.24, 2.45) is 5.73 Å². The number of nitrogens with one attached hydrogen (secondary N) is 1. The second kappa shape index (κ2) is 6.60. The molecule has 0 saturated carbocycles. The summed E-state index contributed by atoms with van der Waals surface area (Å²) < 4.78 is 0. The molecule has 0 saturated heterocycles. The molecule has 1 heterocycles. The van der Waals surface area contributed by atoms with Crippen molar-refractivity contribution in [3.05, 3.63) is 52.0 Å². The van der Waals surface area contributed by atoms with Crippen LogP contribution in [0.2, 0.25) is 0 Å². The molecule has 2 rings (SSSR count). The number of aliphatic hydroxyl groups is 1. The molecule has 4 N–H and O–H groups in total. The zero-order valence-corrected chi connectivity index (χ0v) is 11.9. The van der Waals surface area contributed by atoms with Gasteiger partial charge in [-0.2, -0.15) is 0 Å². The highest BCUT2D eigenvalue weighted by Gasteiger charge is 2.17. The average Bonchev–Trinajstić information content (AvgIpc) is 2.95. The van der Waals surface area contributed by atoms with Crippen LogP contribution in [0.5, 0.6) is 0 Å². The van der Waals surface area contributed by atoms with E-state index >= 15 is 0 Å². The van der Waals surface area contributed by atoms with Crippen molar-refractivity contribution in [2.75, 3.05) is 6.61 Å². The van der Waals surface area contributed by atoms with Crippen LogP contribution in [0.3, 0.4) is 0 Å². The standard InChI is InChI=1S/C14H17N3O2S/c1-9(15)14-17-12(8-20-14)13(19)16-11(7-18)10-5-3-2-4-6-10/h2-6,8-9,11,18H,7,15H2,1H3,(H,16,19). The van der Waals surface area contributed by atoms with Crippen LogP contribution in [0.15, 0.2) is 35.7 Å². The van der Waals surface area contributed by atoms with Crippen molar-refractivity contribution in [3.63, 3.8) is 0 Å². The van der Waals surface area contributed by atoms with E-state index in [1.54, 1.807) is 5.38 Å². The second-order valence-corrected chi connectivity index (χ2v) is 5.37. The molecule has 0 aliphatic heterocycles. The fourth-order valence-electron chi connectivity index (χ4n) is 1.75. The van der Waals surface area contributed by atoms with Gasteiger partial charge in [0.2, 0.25) is 0 Å². The lowest BCUT2D eigenvalue weighted by atomic mass is 10.1. The molecule has 0 fully saturated rings. The Hall–Kier alpha value is -1.76. The maximum Gasteiger partial charge on any atom is 0.271 e. The van der Waals surface area contributed by atoms with Gasteiger partial charge in [-0.3, -0.25) is 4.79 Å². The van der Waals surface area contributed by atoms with E-state index < -0.39 is 6.04 Å². The van der Waals surface area contributed by atoms with Crippen LogP contribution in [0.1, 0.15) is 40.1 Å². The third-order valence-corrected chi connectivity index (χ3v) is 3.88.